The summed E-state index contributed by atoms with van der Waals surface area (Å²) in [6.45, 7) is 5.62. The van der Waals surface area contributed by atoms with Crippen LogP contribution in [0.25, 0.3) is 11.3 Å². The summed E-state index contributed by atoms with van der Waals surface area (Å²) in [6.07, 6.45) is 1.77. The molecule has 0 aliphatic carbocycles. The molecule has 4 rings (SSSR count). The minimum absolute atomic E-state index is 0.0945. The molecule has 0 saturated heterocycles. The zero-order chi connectivity index (χ0) is 21.1. The number of fused-ring (bicyclic) bond motifs is 1. The largest absolute Gasteiger partial charge is 0.493 e. The van der Waals surface area contributed by atoms with Crippen LogP contribution < -0.4 is 4.74 Å². The summed E-state index contributed by atoms with van der Waals surface area (Å²) in [5.74, 6) is 1.38. The van der Waals surface area contributed by atoms with Crippen LogP contribution in [-0.4, -0.2) is 29.1 Å². The van der Waals surface area contributed by atoms with E-state index >= 15 is 0 Å². The van der Waals surface area contributed by atoms with Crippen LogP contribution in [0.1, 0.15) is 35.2 Å². The molecular formula is C24H25FN2O3. The van der Waals surface area contributed by atoms with Crippen LogP contribution in [0.3, 0.4) is 0 Å². The normalized spacial score (nSPS) is 13.2. The standard InChI is InChI=1S/C24H25FN2O3/c1-16-5-3-6-17(2)23(16)29-14-4-7-22(28)27-13-12-20-21(15-27)26-30-24(20)18-8-10-19(25)11-9-18/h3,5-6,8-11H,4,7,12-15H2,1-2H3. The van der Waals surface area contributed by atoms with Crippen molar-refractivity contribution in [2.24, 2.45) is 0 Å². The number of para-hydroxylation sites is 1. The number of halogens is 1. The molecule has 0 radical (unpaired) electrons. The number of aromatic nitrogens is 1. The minimum Gasteiger partial charge on any atom is -0.493 e. The molecule has 0 fully saturated rings. The maximum absolute atomic E-state index is 13.2. The van der Waals surface area contributed by atoms with Crippen molar-refractivity contribution >= 4 is 5.91 Å². The van der Waals surface area contributed by atoms with Crippen LogP contribution in [0, 0.1) is 19.7 Å². The molecule has 0 bridgehead atoms. The van der Waals surface area contributed by atoms with E-state index in [-0.39, 0.29) is 11.7 Å². The van der Waals surface area contributed by atoms with Gasteiger partial charge in [0, 0.05) is 24.1 Å². The van der Waals surface area contributed by atoms with Crippen molar-refractivity contribution in [2.75, 3.05) is 13.2 Å². The molecule has 5 nitrogen and oxygen atoms in total. The summed E-state index contributed by atoms with van der Waals surface area (Å²) in [6, 6.07) is 12.2. The Morgan fingerprint density at radius 3 is 2.63 bits per heavy atom. The first kappa shape index (κ1) is 20.1. The molecule has 0 saturated carbocycles. The van der Waals surface area contributed by atoms with Crippen LogP contribution in [-0.2, 0) is 17.8 Å². The number of benzene rings is 2. The molecule has 1 aromatic heterocycles. The lowest BCUT2D eigenvalue weighted by atomic mass is 10.0. The first-order chi connectivity index (χ1) is 14.5. The highest BCUT2D eigenvalue weighted by Gasteiger charge is 2.27. The summed E-state index contributed by atoms with van der Waals surface area (Å²) in [7, 11) is 0. The molecule has 3 aromatic rings. The number of rotatable bonds is 6. The zero-order valence-corrected chi connectivity index (χ0v) is 17.3. The van der Waals surface area contributed by atoms with Gasteiger partial charge in [-0.05, 0) is 62.1 Å². The maximum atomic E-state index is 13.2. The van der Waals surface area contributed by atoms with Gasteiger partial charge in [0.25, 0.3) is 0 Å². The SMILES string of the molecule is Cc1cccc(C)c1OCCCC(=O)N1CCc2c(noc2-c2ccc(F)cc2)C1. The van der Waals surface area contributed by atoms with E-state index in [0.717, 1.165) is 33.7 Å². The topological polar surface area (TPSA) is 55.6 Å². The molecule has 2 heterocycles. The Bertz CT molecular complexity index is 1020. The first-order valence-corrected chi connectivity index (χ1v) is 10.2. The highest BCUT2D eigenvalue weighted by molar-refractivity contribution is 5.76. The number of nitrogens with zero attached hydrogens (tertiary/aromatic N) is 2. The Kier molecular flexibility index (Phi) is 5.84. The van der Waals surface area contributed by atoms with Crippen molar-refractivity contribution in [3.8, 4) is 17.1 Å². The average Bonchev–Trinajstić information content (AvgIpc) is 3.16. The highest BCUT2D eigenvalue weighted by Crippen LogP contribution is 2.30. The number of carbonyl (C=O) groups is 1. The molecule has 156 valence electrons. The van der Waals surface area contributed by atoms with E-state index in [4.69, 9.17) is 9.26 Å². The summed E-state index contributed by atoms with van der Waals surface area (Å²) in [5, 5.41) is 4.16. The number of ether oxygens (including phenoxy) is 1. The maximum Gasteiger partial charge on any atom is 0.223 e. The van der Waals surface area contributed by atoms with Gasteiger partial charge in [-0.15, -0.1) is 0 Å². The van der Waals surface area contributed by atoms with E-state index in [1.807, 2.05) is 36.9 Å². The number of hydrogen-bond donors (Lipinski definition) is 0. The lowest BCUT2D eigenvalue weighted by Gasteiger charge is -2.26. The summed E-state index contributed by atoms with van der Waals surface area (Å²) >= 11 is 0. The lowest BCUT2D eigenvalue weighted by molar-refractivity contribution is -0.132. The van der Waals surface area contributed by atoms with Crippen LogP contribution in [0.4, 0.5) is 4.39 Å². The third kappa shape index (κ3) is 4.22. The molecule has 0 atom stereocenters. The van der Waals surface area contributed by atoms with E-state index in [1.54, 1.807) is 12.1 Å². The molecule has 0 N–H and O–H groups in total. The van der Waals surface area contributed by atoms with Gasteiger partial charge in [-0.1, -0.05) is 23.4 Å². The highest BCUT2D eigenvalue weighted by atomic mass is 19.1. The quantitative estimate of drug-likeness (QED) is 0.548. The zero-order valence-electron chi connectivity index (χ0n) is 17.3. The van der Waals surface area contributed by atoms with Gasteiger partial charge in [-0.25, -0.2) is 4.39 Å². The van der Waals surface area contributed by atoms with Crippen molar-refractivity contribution in [1.29, 1.82) is 0 Å². The van der Waals surface area contributed by atoms with E-state index in [1.165, 1.54) is 12.1 Å². The molecule has 1 aliphatic rings. The van der Waals surface area contributed by atoms with Crippen LogP contribution >= 0.6 is 0 Å². The Morgan fingerprint density at radius 2 is 1.90 bits per heavy atom. The second-order valence-corrected chi connectivity index (χ2v) is 7.68. The van der Waals surface area contributed by atoms with Crippen LogP contribution in [0.2, 0.25) is 0 Å². The van der Waals surface area contributed by atoms with Crippen molar-refractivity contribution in [3.63, 3.8) is 0 Å². The van der Waals surface area contributed by atoms with Gasteiger partial charge in [-0.2, -0.15) is 0 Å². The number of amides is 1. The molecule has 1 amide bonds. The summed E-state index contributed by atoms with van der Waals surface area (Å²) in [5.41, 5.74) is 4.79. The van der Waals surface area contributed by atoms with Crippen molar-refractivity contribution in [2.45, 2.75) is 39.7 Å². The van der Waals surface area contributed by atoms with Gasteiger partial charge >= 0.3 is 0 Å². The monoisotopic (exact) mass is 408 g/mol. The van der Waals surface area contributed by atoms with Crippen molar-refractivity contribution in [1.82, 2.24) is 10.1 Å². The Hall–Kier alpha value is -3.15. The third-order valence-electron chi connectivity index (χ3n) is 5.49. The van der Waals surface area contributed by atoms with Gasteiger partial charge in [-0.3, -0.25) is 4.79 Å². The Morgan fingerprint density at radius 1 is 1.17 bits per heavy atom. The van der Waals surface area contributed by atoms with Crippen LogP contribution in [0.15, 0.2) is 47.0 Å². The van der Waals surface area contributed by atoms with Crippen LogP contribution in [0.5, 0.6) is 5.75 Å². The third-order valence-corrected chi connectivity index (χ3v) is 5.49. The van der Waals surface area contributed by atoms with Crippen molar-refractivity contribution in [3.05, 3.63) is 70.7 Å². The molecule has 30 heavy (non-hydrogen) atoms. The number of carbonyl (C=O) groups excluding carboxylic acids is 1. The van der Waals surface area contributed by atoms with Crippen molar-refractivity contribution < 1.29 is 18.4 Å². The van der Waals surface area contributed by atoms with Gasteiger partial charge in [0.1, 0.15) is 17.3 Å². The smallest absolute Gasteiger partial charge is 0.223 e. The molecule has 6 heteroatoms. The molecule has 0 unspecified atom stereocenters. The Balaban J connectivity index is 1.31. The Labute approximate surface area is 175 Å². The fraction of sp³-hybridized carbons (Fsp3) is 0.333. The second-order valence-electron chi connectivity index (χ2n) is 7.68. The summed E-state index contributed by atoms with van der Waals surface area (Å²) < 4.78 is 24.6. The first-order valence-electron chi connectivity index (χ1n) is 10.2. The fourth-order valence-electron chi connectivity index (χ4n) is 3.85. The minimum atomic E-state index is -0.287. The predicted molar refractivity (Wildman–Crippen MR) is 112 cm³/mol. The molecule has 1 aliphatic heterocycles. The number of aryl methyl sites for hydroxylation is 2. The van der Waals surface area contributed by atoms with Gasteiger partial charge in [0.05, 0.1) is 13.2 Å². The molecule has 2 aromatic carbocycles. The fourth-order valence-corrected chi connectivity index (χ4v) is 3.85. The molecular weight excluding hydrogens is 383 g/mol. The lowest BCUT2D eigenvalue weighted by Crippen LogP contribution is -2.36. The van der Waals surface area contributed by atoms with E-state index in [2.05, 4.69) is 5.16 Å². The number of hydrogen-bond acceptors (Lipinski definition) is 4. The van der Waals surface area contributed by atoms with E-state index in [9.17, 15) is 9.18 Å². The van der Waals surface area contributed by atoms with Gasteiger partial charge in [0.15, 0.2) is 5.76 Å². The molecule has 0 spiro atoms. The predicted octanol–water partition coefficient (Wildman–Crippen LogP) is 4.84. The second kappa shape index (κ2) is 8.69. The van der Waals surface area contributed by atoms with Gasteiger partial charge < -0.3 is 14.2 Å². The average molecular weight is 408 g/mol. The van der Waals surface area contributed by atoms with E-state index in [0.29, 0.717) is 44.7 Å². The summed E-state index contributed by atoms with van der Waals surface area (Å²) in [4.78, 5) is 14.5. The van der Waals surface area contributed by atoms with E-state index < -0.39 is 0 Å². The van der Waals surface area contributed by atoms with Gasteiger partial charge in [0.2, 0.25) is 5.91 Å².